The van der Waals surface area contributed by atoms with Crippen molar-refractivity contribution in [3.63, 3.8) is 0 Å². The zero-order valence-electron chi connectivity index (χ0n) is 16.2. The molecule has 2 N–H and O–H groups in total. The minimum absolute atomic E-state index is 0.0475. The number of amides is 1. The fourth-order valence-electron chi connectivity index (χ4n) is 2.42. The minimum Gasteiger partial charge on any atom is -0.478 e. The molecule has 0 unspecified atom stereocenters. The van der Waals surface area contributed by atoms with Crippen molar-refractivity contribution in [1.82, 2.24) is 4.98 Å². The van der Waals surface area contributed by atoms with Crippen molar-refractivity contribution in [2.24, 2.45) is 0 Å². The summed E-state index contributed by atoms with van der Waals surface area (Å²) in [5.41, 5.74) is 3.09. The van der Waals surface area contributed by atoms with E-state index in [1.54, 1.807) is 0 Å². The van der Waals surface area contributed by atoms with Gasteiger partial charge in [-0.15, -0.1) is 0 Å². The van der Waals surface area contributed by atoms with Crippen LogP contribution in [0.5, 0.6) is 0 Å². The van der Waals surface area contributed by atoms with Crippen LogP contribution in [0.2, 0.25) is 0 Å². The number of rotatable bonds is 3. The molecule has 5 heteroatoms. The highest BCUT2D eigenvalue weighted by Gasteiger charge is 2.21. The van der Waals surface area contributed by atoms with Crippen molar-refractivity contribution in [3.05, 3.63) is 58.9 Å². The van der Waals surface area contributed by atoms with Gasteiger partial charge in [-0.2, -0.15) is 0 Å². The van der Waals surface area contributed by atoms with Gasteiger partial charge in [0.1, 0.15) is 5.69 Å². The number of pyridine rings is 1. The van der Waals surface area contributed by atoms with Crippen LogP contribution in [0.3, 0.4) is 0 Å². The summed E-state index contributed by atoms with van der Waals surface area (Å²) >= 11 is 0. The third-order valence-electron chi connectivity index (χ3n) is 4.17. The van der Waals surface area contributed by atoms with Crippen LogP contribution in [0, 0.1) is 0 Å². The summed E-state index contributed by atoms with van der Waals surface area (Å²) < 4.78 is 0. The molecule has 2 rings (SSSR count). The Labute approximate surface area is 154 Å². The second kappa shape index (κ2) is 6.90. The zero-order valence-corrected chi connectivity index (χ0v) is 16.2. The van der Waals surface area contributed by atoms with Gasteiger partial charge in [0.2, 0.25) is 0 Å². The number of nitrogens with zero attached hydrogens (tertiary/aromatic N) is 1. The Hall–Kier alpha value is -2.69. The number of carboxylic acid groups (broad SMARTS) is 1. The van der Waals surface area contributed by atoms with Gasteiger partial charge in [-0.05, 0) is 46.2 Å². The van der Waals surface area contributed by atoms with Crippen LogP contribution >= 0.6 is 0 Å². The van der Waals surface area contributed by atoms with E-state index in [9.17, 15) is 9.59 Å². The van der Waals surface area contributed by atoms with Crippen LogP contribution in [-0.4, -0.2) is 22.0 Å². The number of carboxylic acids is 1. The van der Waals surface area contributed by atoms with Crippen molar-refractivity contribution < 1.29 is 14.7 Å². The molecule has 2 aromatic rings. The van der Waals surface area contributed by atoms with Crippen molar-refractivity contribution in [2.45, 2.75) is 52.4 Å². The van der Waals surface area contributed by atoms with E-state index in [0.717, 1.165) is 11.1 Å². The van der Waals surface area contributed by atoms with E-state index >= 15 is 0 Å². The van der Waals surface area contributed by atoms with E-state index in [4.69, 9.17) is 5.11 Å². The third-order valence-corrected chi connectivity index (χ3v) is 4.17. The Morgan fingerprint density at radius 1 is 0.923 bits per heavy atom. The Morgan fingerprint density at radius 3 is 1.85 bits per heavy atom. The number of carbonyl (C=O) groups excluding carboxylic acids is 1. The molecule has 0 aliphatic heterocycles. The van der Waals surface area contributed by atoms with Crippen LogP contribution in [0.25, 0.3) is 0 Å². The molecule has 1 amide bonds. The molecule has 138 valence electrons. The molecule has 1 aromatic heterocycles. The van der Waals surface area contributed by atoms with Gasteiger partial charge in [0.15, 0.2) is 0 Å². The maximum absolute atomic E-state index is 12.5. The molecule has 0 fully saturated rings. The summed E-state index contributed by atoms with van der Waals surface area (Å²) in [5.74, 6) is -1.44. The van der Waals surface area contributed by atoms with Crippen LogP contribution in [0.1, 0.15) is 73.5 Å². The van der Waals surface area contributed by atoms with E-state index in [1.165, 1.54) is 18.3 Å². The van der Waals surface area contributed by atoms with Gasteiger partial charge >= 0.3 is 5.97 Å². The molecule has 0 bridgehead atoms. The lowest BCUT2D eigenvalue weighted by Crippen LogP contribution is -2.19. The lowest BCUT2D eigenvalue weighted by atomic mass is 9.80. The monoisotopic (exact) mass is 354 g/mol. The molecule has 0 radical (unpaired) electrons. The molecule has 1 heterocycles. The van der Waals surface area contributed by atoms with E-state index in [2.05, 4.69) is 57.9 Å². The highest BCUT2D eigenvalue weighted by Crippen LogP contribution is 2.32. The summed E-state index contributed by atoms with van der Waals surface area (Å²) in [6.07, 6.45) is 1.18. The van der Waals surface area contributed by atoms with Gasteiger partial charge in [-0.3, -0.25) is 9.78 Å². The van der Waals surface area contributed by atoms with Gasteiger partial charge < -0.3 is 10.4 Å². The average Bonchev–Trinajstić information content (AvgIpc) is 2.53. The zero-order chi connectivity index (χ0) is 19.7. The molecule has 0 saturated heterocycles. The molecule has 1 aromatic carbocycles. The fourth-order valence-corrected chi connectivity index (χ4v) is 2.42. The highest BCUT2D eigenvalue weighted by molar-refractivity contribution is 6.03. The number of hydrogen-bond acceptors (Lipinski definition) is 3. The van der Waals surface area contributed by atoms with Crippen molar-refractivity contribution in [3.8, 4) is 0 Å². The SMILES string of the molecule is CC(C)(C)c1cc(NC(=O)c2ccc(C(=O)O)cn2)cc(C(C)(C)C)c1. The standard InChI is InChI=1S/C21H26N2O3/c1-20(2,3)14-9-15(21(4,5)6)11-16(10-14)23-18(24)17-8-7-13(12-22-17)19(25)26/h7-12H,1-6H3,(H,23,24)(H,25,26). The number of aromatic nitrogens is 1. The van der Waals surface area contributed by atoms with E-state index in [1.807, 2.05) is 12.1 Å². The molecule has 0 saturated carbocycles. The normalized spacial score (nSPS) is 11.9. The Balaban J connectivity index is 2.35. The lowest BCUT2D eigenvalue weighted by molar-refractivity contribution is 0.0695. The first kappa shape index (κ1) is 19.6. The number of aromatic carboxylic acids is 1. The maximum Gasteiger partial charge on any atom is 0.337 e. The molecule has 0 spiro atoms. The molecule has 26 heavy (non-hydrogen) atoms. The third kappa shape index (κ3) is 4.69. The second-order valence-electron chi connectivity index (χ2n) is 8.49. The van der Waals surface area contributed by atoms with Gasteiger partial charge in [0.05, 0.1) is 5.56 Å². The molecule has 5 nitrogen and oxygen atoms in total. The largest absolute Gasteiger partial charge is 0.478 e. The predicted molar refractivity (Wildman–Crippen MR) is 103 cm³/mol. The first-order valence-corrected chi connectivity index (χ1v) is 8.55. The minimum atomic E-state index is -1.07. The van der Waals surface area contributed by atoms with Crippen LogP contribution < -0.4 is 5.32 Å². The maximum atomic E-state index is 12.5. The van der Waals surface area contributed by atoms with E-state index < -0.39 is 5.97 Å². The number of hydrogen-bond donors (Lipinski definition) is 2. The number of carbonyl (C=O) groups is 2. The van der Waals surface area contributed by atoms with Crippen molar-refractivity contribution >= 4 is 17.6 Å². The predicted octanol–water partition coefficient (Wildman–Crippen LogP) is 4.63. The molecule has 0 atom stereocenters. The first-order chi connectivity index (χ1) is 11.9. The molecular formula is C21H26N2O3. The second-order valence-corrected chi connectivity index (χ2v) is 8.49. The van der Waals surface area contributed by atoms with E-state index in [0.29, 0.717) is 5.69 Å². The fraction of sp³-hybridized carbons (Fsp3) is 0.381. The summed E-state index contributed by atoms with van der Waals surface area (Å²) in [6, 6.07) is 8.90. The van der Waals surface area contributed by atoms with Crippen LogP contribution in [0.15, 0.2) is 36.5 Å². The van der Waals surface area contributed by atoms with Gasteiger partial charge in [-0.1, -0.05) is 47.6 Å². The molecular weight excluding hydrogens is 328 g/mol. The van der Waals surface area contributed by atoms with Crippen LogP contribution in [-0.2, 0) is 10.8 Å². The quantitative estimate of drug-likeness (QED) is 0.842. The first-order valence-electron chi connectivity index (χ1n) is 8.55. The average molecular weight is 354 g/mol. The van der Waals surface area contributed by atoms with Crippen molar-refractivity contribution in [1.29, 1.82) is 0 Å². The Bertz CT molecular complexity index is 794. The molecule has 0 aliphatic rings. The lowest BCUT2D eigenvalue weighted by Gasteiger charge is -2.26. The van der Waals surface area contributed by atoms with Gasteiger partial charge in [0.25, 0.3) is 5.91 Å². The number of anilines is 1. The van der Waals surface area contributed by atoms with Gasteiger partial charge in [0, 0.05) is 11.9 Å². The summed E-state index contributed by atoms with van der Waals surface area (Å²) in [7, 11) is 0. The van der Waals surface area contributed by atoms with E-state index in [-0.39, 0.29) is 28.0 Å². The topological polar surface area (TPSA) is 79.3 Å². The van der Waals surface area contributed by atoms with Crippen LogP contribution in [0.4, 0.5) is 5.69 Å². The summed E-state index contributed by atoms with van der Waals surface area (Å²) in [4.78, 5) is 27.3. The Kier molecular flexibility index (Phi) is 5.21. The Morgan fingerprint density at radius 2 is 1.46 bits per heavy atom. The summed E-state index contributed by atoms with van der Waals surface area (Å²) in [5, 5.41) is 11.8. The van der Waals surface area contributed by atoms with Crippen molar-refractivity contribution in [2.75, 3.05) is 5.32 Å². The molecule has 0 aliphatic carbocycles. The number of benzene rings is 1. The number of nitrogens with one attached hydrogen (secondary N) is 1. The van der Waals surface area contributed by atoms with Gasteiger partial charge in [-0.25, -0.2) is 4.79 Å². The smallest absolute Gasteiger partial charge is 0.337 e. The summed E-state index contributed by atoms with van der Waals surface area (Å²) in [6.45, 7) is 12.8. The highest BCUT2D eigenvalue weighted by atomic mass is 16.4.